The van der Waals surface area contributed by atoms with E-state index in [0.717, 1.165) is 19.4 Å². The van der Waals surface area contributed by atoms with Crippen LogP contribution in [0.4, 0.5) is 0 Å². The van der Waals surface area contributed by atoms with E-state index < -0.39 is 0 Å². The van der Waals surface area contributed by atoms with Gasteiger partial charge in [0, 0.05) is 12.6 Å². The Morgan fingerprint density at radius 3 is 3.29 bits per heavy atom. The molecule has 0 aromatic rings. The summed E-state index contributed by atoms with van der Waals surface area (Å²) in [6, 6.07) is 0. The Kier molecular flexibility index (Phi) is 5.15. The van der Waals surface area contributed by atoms with Crippen LogP contribution in [-0.2, 0) is 4.74 Å². The highest BCUT2D eigenvalue weighted by molar-refractivity contribution is 6.65. The first-order chi connectivity index (χ1) is 6.83. The van der Waals surface area contributed by atoms with E-state index in [-0.39, 0.29) is 0 Å². The number of allylic oxidation sites excluding steroid dienone is 1. The quantitative estimate of drug-likeness (QED) is 0.519. The highest BCUT2D eigenvalue weighted by Crippen LogP contribution is 2.07. The third-order valence-corrected chi connectivity index (χ3v) is 1.92. The van der Waals surface area contributed by atoms with Gasteiger partial charge in [0.05, 0.1) is 12.8 Å². The molecule has 78 valence electrons. The average Bonchev–Trinajstić information content (AvgIpc) is 2.18. The molecule has 0 fully saturated rings. The van der Waals surface area contributed by atoms with Gasteiger partial charge in [-0.2, -0.15) is 5.10 Å². The van der Waals surface area contributed by atoms with Crippen LogP contribution in [0.2, 0.25) is 0 Å². The summed E-state index contributed by atoms with van der Waals surface area (Å²) in [6.45, 7) is 2.88. The van der Waals surface area contributed by atoms with Gasteiger partial charge in [-0.15, -0.1) is 0 Å². The molecule has 1 aliphatic heterocycles. The van der Waals surface area contributed by atoms with E-state index in [2.05, 4.69) is 12.0 Å². The lowest BCUT2D eigenvalue weighted by atomic mass is 10.4. The van der Waals surface area contributed by atoms with Gasteiger partial charge >= 0.3 is 0 Å². The zero-order chi connectivity index (χ0) is 10.2. The van der Waals surface area contributed by atoms with Gasteiger partial charge in [0.1, 0.15) is 11.4 Å². The molecule has 0 aliphatic carbocycles. The molecule has 0 N–H and O–H groups in total. The molecular weight excluding hydrogens is 200 g/mol. The molecule has 0 saturated carbocycles. The Hall–Kier alpha value is -0.960. The monoisotopic (exact) mass is 214 g/mol. The molecule has 1 heterocycles. The number of nitrogens with zero attached hydrogens (tertiary/aromatic N) is 2. The van der Waals surface area contributed by atoms with Crippen LogP contribution in [0.25, 0.3) is 0 Å². The van der Waals surface area contributed by atoms with Crippen LogP contribution in [0, 0.1) is 0 Å². The van der Waals surface area contributed by atoms with Crippen molar-refractivity contribution in [2.45, 2.75) is 26.2 Å². The second-order valence-corrected chi connectivity index (χ2v) is 3.39. The molecule has 3 nitrogen and oxygen atoms in total. The minimum absolute atomic E-state index is 0.589. The fourth-order valence-electron chi connectivity index (χ4n) is 0.942. The van der Waals surface area contributed by atoms with Crippen molar-refractivity contribution < 1.29 is 4.74 Å². The van der Waals surface area contributed by atoms with Crippen molar-refractivity contribution in [3.05, 3.63) is 24.7 Å². The predicted molar refractivity (Wildman–Crippen MR) is 58.9 cm³/mol. The number of hydrogen-bond donors (Lipinski definition) is 0. The van der Waals surface area contributed by atoms with Gasteiger partial charge in [-0.3, -0.25) is 0 Å². The predicted octanol–water partition coefficient (Wildman–Crippen LogP) is 3.05. The van der Waals surface area contributed by atoms with Crippen molar-refractivity contribution in [1.82, 2.24) is 5.01 Å². The number of hydrogen-bond acceptors (Lipinski definition) is 3. The molecule has 0 saturated heterocycles. The molecule has 1 rings (SSSR count). The molecule has 14 heavy (non-hydrogen) atoms. The second kappa shape index (κ2) is 6.49. The van der Waals surface area contributed by atoms with Crippen molar-refractivity contribution in [2.24, 2.45) is 5.10 Å². The minimum Gasteiger partial charge on any atom is -0.500 e. The van der Waals surface area contributed by atoms with Crippen molar-refractivity contribution in [3.63, 3.8) is 0 Å². The lowest BCUT2D eigenvalue weighted by molar-refractivity contribution is 0.238. The molecule has 4 heteroatoms. The molecule has 0 aromatic carbocycles. The maximum Gasteiger partial charge on any atom is 0.130 e. The smallest absolute Gasteiger partial charge is 0.130 e. The molecule has 0 aromatic heterocycles. The van der Waals surface area contributed by atoms with Crippen LogP contribution in [0.15, 0.2) is 29.8 Å². The Balaban J connectivity index is 2.22. The van der Waals surface area contributed by atoms with E-state index in [1.807, 2.05) is 12.3 Å². The summed E-state index contributed by atoms with van der Waals surface area (Å²) in [5.41, 5.74) is 0. The lowest BCUT2D eigenvalue weighted by Gasteiger charge is -2.12. The van der Waals surface area contributed by atoms with Gasteiger partial charge in [-0.25, -0.2) is 5.01 Å². The van der Waals surface area contributed by atoms with Crippen molar-refractivity contribution in [3.8, 4) is 0 Å². The number of hydrazone groups is 1. The molecule has 0 unspecified atom stereocenters. The Morgan fingerprint density at radius 1 is 1.71 bits per heavy atom. The normalized spacial score (nSPS) is 16.1. The molecule has 1 aliphatic rings. The van der Waals surface area contributed by atoms with Gasteiger partial charge in [0.25, 0.3) is 0 Å². The minimum atomic E-state index is 0.589. The number of rotatable bonds is 5. The van der Waals surface area contributed by atoms with Crippen molar-refractivity contribution in [2.75, 3.05) is 6.61 Å². The first-order valence-corrected chi connectivity index (χ1v) is 5.17. The molecule has 0 atom stereocenters. The highest BCUT2D eigenvalue weighted by Gasteiger charge is 2.00. The maximum atomic E-state index is 5.76. The van der Waals surface area contributed by atoms with E-state index >= 15 is 0 Å². The Labute approximate surface area is 89.7 Å². The van der Waals surface area contributed by atoms with Crippen LogP contribution >= 0.6 is 11.6 Å². The van der Waals surface area contributed by atoms with E-state index in [0.29, 0.717) is 11.6 Å². The standard InChI is InChI=1S/C10H15ClN2O/c1-2-3-8-14-9-7-13-6-4-5-10(11)12-13/h4,6-7,9H,2-3,5,8H2,1H3. The summed E-state index contributed by atoms with van der Waals surface area (Å²) in [5, 5.41) is 6.29. The van der Waals surface area contributed by atoms with E-state index in [4.69, 9.17) is 16.3 Å². The molecule has 0 radical (unpaired) electrons. The summed E-state index contributed by atoms with van der Waals surface area (Å²) in [4.78, 5) is 0. The number of ether oxygens (including phenoxy) is 1. The van der Waals surface area contributed by atoms with Crippen LogP contribution < -0.4 is 0 Å². The Morgan fingerprint density at radius 2 is 2.57 bits per heavy atom. The van der Waals surface area contributed by atoms with Crippen molar-refractivity contribution in [1.29, 1.82) is 0 Å². The molecule has 0 bridgehead atoms. The first kappa shape index (κ1) is 11.1. The van der Waals surface area contributed by atoms with Gasteiger partial charge < -0.3 is 4.74 Å². The third-order valence-electron chi connectivity index (χ3n) is 1.69. The zero-order valence-electron chi connectivity index (χ0n) is 8.32. The van der Waals surface area contributed by atoms with Gasteiger partial charge in [0.15, 0.2) is 0 Å². The van der Waals surface area contributed by atoms with E-state index in [9.17, 15) is 0 Å². The average molecular weight is 215 g/mol. The van der Waals surface area contributed by atoms with E-state index in [1.54, 1.807) is 17.5 Å². The number of unbranched alkanes of at least 4 members (excludes halogenated alkanes) is 1. The summed E-state index contributed by atoms with van der Waals surface area (Å²) >= 11 is 5.76. The van der Waals surface area contributed by atoms with Crippen molar-refractivity contribution >= 4 is 16.8 Å². The van der Waals surface area contributed by atoms with Gasteiger partial charge in [-0.05, 0) is 6.42 Å². The fourth-order valence-corrected chi connectivity index (χ4v) is 1.12. The largest absolute Gasteiger partial charge is 0.500 e. The summed E-state index contributed by atoms with van der Waals surface area (Å²) < 4.78 is 5.24. The van der Waals surface area contributed by atoms with Gasteiger partial charge in [0.2, 0.25) is 0 Å². The fraction of sp³-hybridized carbons (Fsp3) is 0.500. The van der Waals surface area contributed by atoms with E-state index in [1.165, 1.54) is 0 Å². The van der Waals surface area contributed by atoms with Crippen LogP contribution in [0.5, 0.6) is 0 Å². The highest BCUT2D eigenvalue weighted by atomic mass is 35.5. The Bertz CT molecular complexity index is 249. The van der Waals surface area contributed by atoms with Crippen LogP contribution in [0.1, 0.15) is 26.2 Å². The zero-order valence-corrected chi connectivity index (χ0v) is 9.07. The molecular formula is C10H15ClN2O. The summed E-state index contributed by atoms with van der Waals surface area (Å²) in [5.74, 6) is 0. The maximum absolute atomic E-state index is 5.76. The molecule has 0 spiro atoms. The summed E-state index contributed by atoms with van der Waals surface area (Å²) in [6.07, 6.45) is 10.1. The molecule has 0 amide bonds. The SMILES string of the molecule is CCCCOC=CN1C=CCC(Cl)=N1. The summed E-state index contributed by atoms with van der Waals surface area (Å²) in [7, 11) is 0. The first-order valence-electron chi connectivity index (χ1n) is 4.79. The number of halogens is 1. The van der Waals surface area contributed by atoms with Gasteiger partial charge in [-0.1, -0.05) is 31.0 Å². The lowest BCUT2D eigenvalue weighted by Crippen LogP contribution is -2.07. The van der Waals surface area contributed by atoms with Crippen LogP contribution in [-0.4, -0.2) is 16.8 Å². The van der Waals surface area contributed by atoms with Crippen LogP contribution in [0.3, 0.4) is 0 Å². The topological polar surface area (TPSA) is 24.8 Å². The second-order valence-electron chi connectivity index (χ2n) is 2.95. The third kappa shape index (κ3) is 4.33.